The number of aliphatic imine (C=N–C) groups is 1. The van der Waals surface area contributed by atoms with Crippen LogP contribution in [0.5, 0.6) is 0 Å². The molecule has 0 aliphatic carbocycles. The molecule has 0 saturated carbocycles. The molecule has 68 valence electrons. The van der Waals surface area contributed by atoms with Crippen LogP contribution in [0.2, 0.25) is 0 Å². The van der Waals surface area contributed by atoms with Gasteiger partial charge in [-0.15, -0.1) is 0 Å². The van der Waals surface area contributed by atoms with Crippen molar-refractivity contribution in [1.82, 2.24) is 4.90 Å². The van der Waals surface area contributed by atoms with E-state index in [-0.39, 0.29) is 11.9 Å². The molecule has 1 aliphatic rings. The smallest absolute Gasteiger partial charge is 0.222 e. The highest BCUT2D eigenvalue weighted by Gasteiger charge is 2.28. The Balaban J connectivity index is 2.29. The van der Waals surface area contributed by atoms with Crippen LogP contribution in [0.3, 0.4) is 0 Å². The molecular formula is C8H15N3O. The first-order valence-electron chi connectivity index (χ1n) is 4.21. The average molecular weight is 169 g/mol. The summed E-state index contributed by atoms with van der Waals surface area (Å²) in [4.78, 5) is 17.0. The molecule has 1 aliphatic heterocycles. The molecule has 4 nitrogen and oxygen atoms in total. The summed E-state index contributed by atoms with van der Waals surface area (Å²) in [5.41, 5.74) is 5.40. The van der Waals surface area contributed by atoms with Crippen LogP contribution in [-0.2, 0) is 4.79 Å². The van der Waals surface area contributed by atoms with Crippen molar-refractivity contribution >= 4 is 11.7 Å². The van der Waals surface area contributed by atoms with Crippen LogP contribution >= 0.6 is 0 Å². The molecule has 0 radical (unpaired) electrons. The van der Waals surface area contributed by atoms with Gasteiger partial charge in [0.15, 0.2) is 0 Å². The molecule has 0 spiro atoms. The zero-order chi connectivity index (χ0) is 9.14. The lowest BCUT2D eigenvalue weighted by Crippen LogP contribution is -2.53. The fourth-order valence-electron chi connectivity index (χ4n) is 1.25. The molecule has 0 aromatic rings. The van der Waals surface area contributed by atoms with Gasteiger partial charge in [-0.05, 0) is 6.92 Å². The van der Waals surface area contributed by atoms with Gasteiger partial charge in [-0.2, -0.15) is 0 Å². The van der Waals surface area contributed by atoms with Gasteiger partial charge < -0.3 is 10.6 Å². The number of hydrogen-bond acceptors (Lipinski definition) is 2. The van der Waals surface area contributed by atoms with Crippen LogP contribution in [0.4, 0.5) is 0 Å². The number of hydrogen-bond donors (Lipinski definition) is 1. The molecular weight excluding hydrogens is 154 g/mol. The number of carbonyl (C=O) groups excluding carboxylic acids is 1. The van der Waals surface area contributed by atoms with Crippen LogP contribution in [0.15, 0.2) is 4.99 Å². The molecule has 0 unspecified atom stereocenters. The Morgan fingerprint density at radius 3 is 2.67 bits per heavy atom. The molecule has 0 aromatic carbocycles. The third kappa shape index (κ3) is 1.96. The highest BCUT2D eigenvalue weighted by Crippen LogP contribution is 2.12. The van der Waals surface area contributed by atoms with E-state index in [9.17, 15) is 4.79 Å². The lowest BCUT2D eigenvalue weighted by atomic mass is 10.1. The van der Waals surface area contributed by atoms with Gasteiger partial charge in [-0.1, -0.05) is 6.92 Å². The molecule has 1 fully saturated rings. The highest BCUT2D eigenvalue weighted by molar-refractivity contribution is 5.79. The van der Waals surface area contributed by atoms with E-state index < -0.39 is 0 Å². The van der Waals surface area contributed by atoms with Gasteiger partial charge in [0, 0.05) is 19.5 Å². The van der Waals surface area contributed by atoms with E-state index >= 15 is 0 Å². The number of amides is 1. The Morgan fingerprint density at radius 2 is 2.25 bits per heavy atom. The SMILES string of the molecule is CCC(=O)N1CC(N=C(C)N)C1. The molecule has 2 N–H and O–H groups in total. The predicted octanol–water partition coefficient (Wildman–Crippen LogP) is -0.0157. The number of likely N-dealkylation sites (tertiary alicyclic amines) is 1. The van der Waals surface area contributed by atoms with Crippen molar-refractivity contribution in [3.63, 3.8) is 0 Å². The highest BCUT2D eigenvalue weighted by atomic mass is 16.2. The Bertz CT molecular complexity index is 202. The minimum atomic E-state index is 0.205. The third-order valence-corrected chi connectivity index (χ3v) is 1.90. The van der Waals surface area contributed by atoms with Gasteiger partial charge in [0.2, 0.25) is 5.91 Å². The van der Waals surface area contributed by atoms with Gasteiger partial charge >= 0.3 is 0 Å². The predicted molar refractivity (Wildman–Crippen MR) is 48.0 cm³/mol. The van der Waals surface area contributed by atoms with E-state index in [2.05, 4.69) is 4.99 Å². The first kappa shape index (κ1) is 9.03. The lowest BCUT2D eigenvalue weighted by Gasteiger charge is -2.36. The topological polar surface area (TPSA) is 58.7 Å². The second-order valence-corrected chi connectivity index (χ2v) is 3.08. The molecule has 0 bridgehead atoms. The zero-order valence-corrected chi connectivity index (χ0v) is 7.58. The van der Waals surface area contributed by atoms with E-state index in [1.807, 2.05) is 6.92 Å². The van der Waals surface area contributed by atoms with Gasteiger partial charge in [-0.25, -0.2) is 0 Å². The van der Waals surface area contributed by atoms with E-state index in [4.69, 9.17) is 5.73 Å². The van der Waals surface area contributed by atoms with Crippen molar-refractivity contribution in [3.8, 4) is 0 Å². The summed E-state index contributed by atoms with van der Waals surface area (Å²) in [6.07, 6.45) is 0.581. The van der Waals surface area contributed by atoms with Gasteiger partial charge in [0.25, 0.3) is 0 Å². The van der Waals surface area contributed by atoms with Gasteiger partial charge in [0.05, 0.1) is 11.9 Å². The summed E-state index contributed by atoms with van der Waals surface area (Å²) in [7, 11) is 0. The largest absolute Gasteiger partial charge is 0.388 e. The Hall–Kier alpha value is -1.06. The summed E-state index contributed by atoms with van der Waals surface area (Å²) < 4.78 is 0. The number of amidine groups is 1. The third-order valence-electron chi connectivity index (χ3n) is 1.90. The standard InChI is InChI=1S/C8H15N3O/c1-3-8(12)11-4-7(5-11)10-6(2)9/h7H,3-5H2,1-2H3,(H2,9,10). The summed E-state index contributed by atoms with van der Waals surface area (Å²) in [5, 5.41) is 0. The quantitative estimate of drug-likeness (QED) is 0.466. The zero-order valence-electron chi connectivity index (χ0n) is 7.58. The van der Waals surface area contributed by atoms with E-state index in [1.165, 1.54) is 0 Å². The molecule has 1 heterocycles. The Kier molecular flexibility index (Phi) is 2.68. The van der Waals surface area contributed by atoms with Crippen LogP contribution in [0.25, 0.3) is 0 Å². The average Bonchev–Trinajstić information content (AvgIpc) is 1.94. The van der Waals surface area contributed by atoms with Crippen LogP contribution in [0, 0.1) is 0 Å². The van der Waals surface area contributed by atoms with Gasteiger partial charge in [-0.3, -0.25) is 9.79 Å². The van der Waals surface area contributed by atoms with Crippen LogP contribution < -0.4 is 5.73 Å². The maximum Gasteiger partial charge on any atom is 0.222 e. The summed E-state index contributed by atoms with van der Waals surface area (Å²) in [6, 6.07) is 0.241. The molecule has 4 heteroatoms. The molecule has 12 heavy (non-hydrogen) atoms. The van der Waals surface area contributed by atoms with Gasteiger partial charge in [0.1, 0.15) is 0 Å². The number of rotatable bonds is 2. The van der Waals surface area contributed by atoms with Crippen molar-refractivity contribution in [2.45, 2.75) is 26.3 Å². The second-order valence-electron chi connectivity index (χ2n) is 3.08. The Morgan fingerprint density at radius 1 is 1.67 bits per heavy atom. The molecule has 0 aromatic heterocycles. The minimum absolute atomic E-state index is 0.205. The Labute approximate surface area is 72.4 Å². The molecule has 0 atom stereocenters. The summed E-state index contributed by atoms with van der Waals surface area (Å²) in [6.45, 7) is 5.11. The summed E-state index contributed by atoms with van der Waals surface area (Å²) in [5.74, 6) is 0.805. The first-order chi connectivity index (χ1) is 5.63. The minimum Gasteiger partial charge on any atom is -0.388 e. The molecule has 1 amide bonds. The van der Waals surface area contributed by atoms with Crippen molar-refractivity contribution < 1.29 is 4.79 Å². The van der Waals surface area contributed by atoms with Crippen molar-refractivity contribution in [2.75, 3.05) is 13.1 Å². The fraction of sp³-hybridized carbons (Fsp3) is 0.750. The number of carbonyl (C=O) groups is 1. The first-order valence-corrected chi connectivity index (χ1v) is 4.21. The summed E-state index contributed by atoms with van der Waals surface area (Å²) >= 11 is 0. The second kappa shape index (κ2) is 3.56. The van der Waals surface area contributed by atoms with Crippen molar-refractivity contribution in [3.05, 3.63) is 0 Å². The van der Waals surface area contributed by atoms with Crippen LogP contribution in [0.1, 0.15) is 20.3 Å². The lowest BCUT2D eigenvalue weighted by molar-refractivity contribution is -0.135. The van der Waals surface area contributed by atoms with Crippen LogP contribution in [-0.4, -0.2) is 35.8 Å². The van der Waals surface area contributed by atoms with E-state index in [1.54, 1.807) is 11.8 Å². The van der Waals surface area contributed by atoms with Crippen molar-refractivity contribution in [2.24, 2.45) is 10.7 Å². The monoisotopic (exact) mass is 169 g/mol. The van der Waals surface area contributed by atoms with Crippen molar-refractivity contribution in [1.29, 1.82) is 0 Å². The number of nitrogens with two attached hydrogens (primary N) is 1. The maximum absolute atomic E-state index is 11.1. The number of nitrogens with zero attached hydrogens (tertiary/aromatic N) is 2. The molecule has 1 rings (SSSR count). The normalized spacial score (nSPS) is 19.2. The van der Waals surface area contributed by atoms with E-state index in [0.29, 0.717) is 12.3 Å². The molecule has 1 saturated heterocycles. The maximum atomic E-state index is 11.1. The fourth-order valence-corrected chi connectivity index (χ4v) is 1.25. The van der Waals surface area contributed by atoms with E-state index in [0.717, 1.165) is 13.1 Å².